The Morgan fingerprint density at radius 2 is 2.04 bits per heavy atom. The zero-order valence-corrected chi connectivity index (χ0v) is 14.6. The minimum absolute atomic E-state index is 0.0386. The lowest BCUT2D eigenvalue weighted by Gasteiger charge is -2.15. The zero-order chi connectivity index (χ0) is 17.6. The fourth-order valence-electron chi connectivity index (χ4n) is 2.82. The second-order valence-electron chi connectivity index (χ2n) is 6.02. The fourth-order valence-corrected chi connectivity index (χ4v) is 3.00. The van der Waals surface area contributed by atoms with E-state index < -0.39 is 5.82 Å². The van der Waals surface area contributed by atoms with E-state index in [1.54, 1.807) is 6.07 Å². The van der Waals surface area contributed by atoms with Gasteiger partial charge in [-0.05, 0) is 50.3 Å². The van der Waals surface area contributed by atoms with E-state index in [0.717, 1.165) is 13.0 Å². The summed E-state index contributed by atoms with van der Waals surface area (Å²) in [6.07, 6.45) is 9.68. The molecule has 132 valence electrons. The average molecular weight is 362 g/mol. The highest BCUT2D eigenvalue weighted by Crippen LogP contribution is 2.28. The summed E-state index contributed by atoms with van der Waals surface area (Å²) in [4.78, 5) is 8.35. The van der Waals surface area contributed by atoms with Gasteiger partial charge in [0.25, 0.3) is 0 Å². The number of nitrogens with zero attached hydrogens (tertiary/aromatic N) is 2. The summed E-state index contributed by atoms with van der Waals surface area (Å²) in [6, 6.07) is 4.35. The second kappa shape index (κ2) is 8.16. The molecule has 0 aliphatic heterocycles. The highest BCUT2D eigenvalue weighted by molar-refractivity contribution is 6.31. The van der Waals surface area contributed by atoms with Crippen molar-refractivity contribution in [2.24, 2.45) is 0 Å². The van der Waals surface area contributed by atoms with Crippen molar-refractivity contribution in [1.82, 2.24) is 9.97 Å². The summed E-state index contributed by atoms with van der Waals surface area (Å²) in [6.45, 7) is 0.773. The first-order valence-electron chi connectivity index (χ1n) is 8.38. The Labute approximate surface area is 151 Å². The average Bonchev–Trinajstić information content (AvgIpc) is 2.62. The van der Waals surface area contributed by atoms with Crippen LogP contribution in [0.25, 0.3) is 0 Å². The molecule has 0 spiro atoms. The molecule has 25 heavy (non-hydrogen) atoms. The minimum Gasteiger partial charge on any atom is -0.393 e. The Morgan fingerprint density at radius 1 is 1.20 bits per heavy atom. The third kappa shape index (κ3) is 4.60. The Bertz CT molecular complexity index is 778. The van der Waals surface area contributed by atoms with Gasteiger partial charge in [0.15, 0.2) is 11.6 Å². The molecule has 1 heterocycles. The predicted molar refractivity (Wildman–Crippen MR) is 101 cm³/mol. The van der Waals surface area contributed by atoms with E-state index in [9.17, 15) is 4.39 Å². The molecule has 1 aliphatic carbocycles. The van der Waals surface area contributed by atoms with Gasteiger partial charge in [0.05, 0.1) is 5.02 Å². The van der Waals surface area contributed by atoms with Gasteiger partial charge in [-0.1, -0.05) is 23.3 Å². The number of nitrogen functional groups attached to an aromatic ring is 1. The number of rotatable bonds is 6. The van der Waals surface area contributed by atoms with Gasteiger partial charge in [-0.3, -0.25) is 0 Å². The molecule has 0 unspecified atom stereocenters. The summed E-state index contributed by atoms with van der Waals surface area (Å²) in [5.41, 5.74) is 8.66. The number of aromatic nitrogens is 2. The largest absolute Gasteiger partial charge is 0.393 e. The highest BCUT2D eigenvalue weighted by atomic mass is 35.5. The number of nitrogens with two attached hydrogens (primary N) is 1. The molecule has 2 aromatic rings. The molecular weight excluding hydrogens is 341 g/mol. The number of hydrogen-bond acceptors (Lipinski definition) is 5. The lowest BCUT2D eigenvalue weighted by atomic mass is 9.97. The van der Waals surface area contributed by atoms with Crippen LogP contribution in [-0.2, 0) is 0 Å². The van der Waals surface area contributed by atoms with Crippen molar-refractivity contribution in [1.29, 1.82) is 0 Å². The summed E-state index contributed by atoms with van der Waals surface area (Å²) in [5, 5.41) is 6.34. The van der Waals surface area contributed by atoms with Crippen molar-refractivity contribution in [3.05, 3.63) is 47.0 Å². The number of anilines is 4. The molecule has 0 amide bonds. The molecule has 1 aromatic heterocycles. The van der Waals surface area contributed by atoms with Crippen LogP contribution in [0.4, 0.5) is 27.4 Å². The number of halogens is 2. The second-order valence-corrected chi connectivity index (χ2v) is 6.43. The standard InChI is InChI=1S/C18H21ClFN5/c19-14-10-13(6-7-15(14)20)25-18-16(21)17(23-11-24-18)22-9-8-12-4-2-1-3-5-12/h4,6-7,10-11H,1-3,5,8-9,21H2,(H2,22,23,24,25). The Kier molecular flexibility index (Phi) is 5.71. The summed E-state index contributed by atoms with van der Waals surface area (Å²) in [7, 11) is 0. The molecule has 5 nitrogen and oxygen atoms in total. The Morgan fingerprint density at radius 3 is 2.80 bits per heavy atom. The van der Waals surface area contributed by atoms with Gasteiger partial charge in [0.2, 0.25) is 0 Å². The number of benzene rings is 1. The normalized spacial score (nSPS) is 14.1. The van der Waals surface area contributed by atoms with Gasteiger partial charge >= 0.3 is 0 Å². The third-order valence-corrected chi connectivity index (χ3v) is 4.48. The van der Waals surface area contributed by atoms with Gasteiger partial charge in [0, 0.05) is 12.2 Å². The van der Waals surface area contributed by atoms with Crippen LogP contribution < -0.4 is 16.4 Å². The van der Waals surface area contributed by atoms with Crippen LogP contribution in [0.15, 0.2) is 36.2 Å². The van der Waals surface area contributed by atoms with Crippen LogP contribution in [0.1, 0.15) is 32.1 Å². The van der Waals surface area contributed by atoms with Crippen LogP contribution in [0.3, 0.4) is 0 Å². The number of nitrogens with one attached hydrogen (secondary N) is 2. The van der Waals surface area contributed by atoms with Crippen LogP contribution >= 0.6 is 11.6 Å². The van der Waals surface area contributed by atoms with Gasteiger partial charge in [-0.2, -0.15) is 0 Å². The van der Waals surface area contributed by atoms with E-state index in [4.69, 9.17) is 17.3 Å². The van der Waals surface area contributed by atoms with Crippen LogP contribution in [0, 0.1) is 5.82 Å². The topological polar surface area (TPSA) is 75.9 Å². The molecule has 0 radical (unpaired) electrons. The van der Waals surface area contributed by atoms with E-state index in [1.807, 2.05) is 0 Å². The van der Waals surface area contributed by atoms with E-state index >= 15 is 0 Å². The molecule has 0 bridgehead atoms. The first kappa shape index (κ1) is 17.5. The first-order valence-corrected chi connectivity index (χ1v) is 8.75. The van der Waals surface area contributed by atoms with E-state index in [2.05, 4.69) is 26.7 Å². The van der Waals surface area contributed by atoms with Crippen LogP contribution in [-0.4, -0.2) is 16.5 Å². The molecule has 1 aromatic carbocycles. The Balaban J connectivity index is 1.64. The van der Waals surface area contributed by atoms with Crippen molar-refractivity contribution in [2.75, 3.05) is 22.9 Å². The molecule has 1 aliphatic rings. The van der Waals surface area contributed by atoms with E-state index in [0.29, 0.717) is 23.0 Å². The van der Waals surface area contributed by atoms with Crippen molar-refractivity contribution < 1.29 is 4.39 Å². The molecule has 0 saturated heterocycles. The number of allylic oxidation sites excluding steroid dienone is 1. The highest BCUT2D eigenvalue weighted by Gasteiger charge is 2.10. The van der Waals surface area contributed by atoms with Gasteiger partial charge in [0.1, 0.15) is 17.8 Å². The van der Waals surface area contributed by atoms with Gasteiger partial charge < -0.3 is 16.4 Å². The summed E-state index contributed by atoms with van der Waals surface area (Å²) < 4.78 is 13.2. The molecule has 7 heteroatoms. The molecule has 0 fully saturated rings. The number of hydrogen-bond donors (Lipinski definition) is 3. The molecule has 0 atom stereocenters. The maximum atomic E-state index is 13.2. The van der Waals surface area contributed by atoms with E-state index in [1.165, 1.54) is 49.7 Å². The maximum Gasteiger partial charge on any atom is 0.159 e. The molecule has 3 rings (SSSR count). The summed E-state index contributed by atoms with van der Waals surface area (Å²) >= 11 is 5.80. The zero-order valence-electron chi connectivity index (χ0n) is 13.9. The van der Waals surface area contributed by atoms with Gasteiger partial charge in [-0.15, -0.1) is 0 Å². The lowest BCUT2D eigenvalue weighted by molar-refractivity contribution is 0.628. The third-order valence-electron chi connectivity index (χ3n) is 4.19. The lowest BCUT2D eigenvalue weighted by Crippen LogP contribution is -2.10. The molecular formula is C18H21ClFN5. The quantitative estimate of drug-likeness (QED) is 0.638. The SMILES string of the molecule is Nc1c(NCCC2=CCCCC2)ncnc1Nc1ccc(F)c(Cl)c1. The minimum atomic E-state index is -0.470. The molecule has 0 saturated carbocycles. The smallest absolute Gasteiger partial charge is 0.159 e. The van der Waals surface area contributed by atoms with Crippen molar-refractivity contribution >= 4 is 34.6 Å². The van der Waals surface area contributed by atoms with Gasteiger partial charge in [-0.25, -0.2) is 14.4 Å². The predicted octanol–water partition coefficient (Wildman–Crippen LogP) is 4.90. The Hall–Kier alpha value is -2.34. The van der Waals surface area contributed by atoms with Crippen molar-refractivity contribution in [3.8, 4) is 0 Å². The van der Waals surface area contributed by atoms with Crippen LogP contribution in [0.5, 0.6) is 0 Å². The van der Waals surface area contributed by atoms with Crippen molar-refractivity contribution in [3.63, 3.8) is 0 Å². The molecule has 4 N–H and O–H groups in total. The maximum absolute atomic E-state index is 13.2. The van der Waals surface area contributed by atoms with Crippen molar-refractivity contribution in [2.45, 2.75) is 32.1 Å². The van der Waals surface area contributed by atoms with Crippen LogP contribution in [0.2, 0.25) is 5.02 Å². The first-order chi connectivity index (χ1) is 12.1. The van der Waals surface area contributed by atoms with E-state index in [-0.39, 0.29) is 5.02 Å². The fraction of sp³-hybridized carbons (Fsp3) is 0.333. The summed E-state index contributed by atoms with van der Waals surface area (Å²) in [5.74, 6) is 0.571. The monoisotopic (exact) mass is 361 g/mol.